The minimum absolute atomic E-state index is 0.0363. The van der Waals surface area contributed by atoms with Gasteiger partial charge in [-0.3, -0.25) is 29.1 Å². The summed E-state index contributed by atoms with van der Waals surface area (Å²) in [7, 11) is 0. The first kappa shape index (κ1) is 37.6. The Hall–Kier alpha value is -4.68. The third-order valence-corrected chi connectivity index (χ3v) is 14.6. The minimum atomic E-state index is -1.04. The first-order valence-corrected chi connectivity index (χ1v) is 21.4. The van der Waals surface area contributed by atoms with E-state index in [2.05, 4.69) is 33.0 Å². The van der Waals surface area contributed by atoms with Crippen molar-refractivity contribution in [2.45, 2.75) is 93.9 Å². The number of aromatic nitrogens is 2. The van der Waals surface area contributed by atoms with Crippen molar-refractivity contribution in [3.63, 3.8) is 0 Å². The quantitative estimate of drug-likeness (QED) is 0.224. The van der Waals surface area contributed by atoms with Crippen LogP contribution < -0.4 is 15.8 Å². The molecule has 0 radical (unpaired) electrons. The molecule has 1 aromatic heterocycles. The number of fused-ring (bicyclic) bond motifs is 7. The van der Waals surface area contributed by atoms with Gasteiger partial charge in [-0.25, -0.2) is 8.78 Å². The number of anilines is 1. The molecular formula is C45H47ClF2N6O4. The highest BCUT2D eigenvalue weighted by molar-refractivity contribution is 6.35. The van der Waals surface area contributed by atoms with Gasteiger partial charge in [-0.1, -0.05) is 49.1 Å². The van der Waals surface area contributed by atoms with Crippen molar-refractivity contribution in [2.24, 2.45) is 5.92 Å². The number of hydrogen-bond donors (Lipinski definition) is 1. The zero-order valence-corrected chi connectivity index (χ0v) is 33.2. The maximum absolute atomic E-state index is 15.1. The SMILES string of the molecule is O=C1CCC(c2c(F)cc(N3CC(C(=O)N4CCC(N5CCC(c6ccc7c(c6)-n6c(nc(=O)c8c(Cl)cccc86)C76CCCCC6)CC5)CC4)C3)cc2F)C(=O)N1. The lowest BCUT2D eigenvalue weighted by atomic mass is 9.69. The van der Waals surface area contributed by atoms with E-state index < -0.39 is 29.4 Å². The number of amides is 3. The average molecular weight is 809 g/mol. The van der Waals surface area contributed by atoms with Crippen molar-refractivity contribution in [3.8, 4) is 5.69 Å². The van der Waals surface area contributed by atoms with Crippen molar-refractivity contribution < 1.29 is 23.2 Å². The van der Waals surface area contributed by atoms with Gasteiger partial charge in [0.2, 0.25) is 17.7 Å². The normalized spacial score (nSPS) is 22.9. The second-order valence-electron chi connectivity index (χ2n) is 17.4. The average Bonchev–Trinajstić information content (AvgIpc) is 3.45. The Morgan fingerprint density at radius 1 is 0.862 bits per heavy atom. The molecule has 1 aliphatic carbocycles. The maximum atomic E-state index is 15.1. The van der Waals surface area contributed by atoms with E-state index in [9.17, 15) is 19.2 Å². The van der Waals surface area contributed by atoms with Crippen LogP contribution in [0.5, 0.6) is 0 Å². The monoisotopic (exact) mass is 808 g/mol. The predicted octanol–water partition coefficient (Wildman–Crippen LogP) is 6.71. The summed E-state index contributed by atoms with van der Waals surface area (Å²) in [5, 5.41) is 3.09. The number of imide groups is 1. The van der Waals surface area contributed by atoms with Crippen molar-refractivity contribution in [1.29, 1.82) is 0 Å². The Morgan fingerprint density at radius 3 is 2.29 bits per heavy atom. The number of carbonyl (C=O) groups excluding carboxylic acids is 3. The molecule has 10 nitrogen and oxygen atoms in total. The van der Waals surface area contributed by atoms with E-state index in [4.69, 9.17) is 16.6 Å². The van der Waals surface area contributed by atoms with Crippen LogP contribution >= 0.6 is 11.6 Å². The summed E-state index contributed by atoms with van der Waals surface area (Å²) in [6.07, 6.45) is 9.47. The van der Waals surface area contributed by atoms with Gasteiger partial charge in [0.1, 0.15) is 17.5 Å². The number of likely N-dealkylation sites (tertiary alicyclic amines) is 2. The van der Waals surface area contributed by atoms with Crippen molar-refractivity contribution in [3.05, 3.63) is 98.1 Å². The molecule has 4 saturated heterocycles. The van der Waals surface area contributed by atoms with Gasteiger partial charge in [-0.2, -0.15) is 4.98 Å². The molecule has 6 heterocycles. The van der Waals surface area contributed by atoms with Gasteiger partial charge in [-0.05, 0) is 105 Å². The zero-order valence-electron chi connectivity index (χ0n) is 32.5. The van der Waals surface area contributed by atoms with Gasteiger partial charge < -0.3 is 14.7 Å². The first-order valence-electron chi connectivity index (χ1n) is 21.1. The fraction of sp³-hybridized carbons (Fsp3) is 0.489. The topological polar surface area (TPSA) is 108 Å². The van der Waals surface area contributed by atoms with Crippen LogP contribution in [0, 0.1) is 17.6 Å². The lowest BCUT2D eigenvalue weighted by Gasteiger charge is -2.45. The number of carbonyl (C=O) groups is 3. The molecule has 1 N–H and O–H groups in total. The standard InChI is InChI=1S/C45H47ClF2N6O4/c46-33-5-4-6-36-40(33)42(57)50-44-45(15-2-1-3-16-45)32-9-7-27(21-37(32)54(36)44)26-11-17-51(18-12-26)29-13-19-52(20-14-29)43(58)28-24-53(25-28)30-22-34(47)39(35(48)23-30)31-8-10-38(55)49-41(31)56/h4-7,9,21-23,26,28-29,31H,1-3,8,10-20,24-25H2,(H,49,55,56). The highest BCUT2D eigenvalue weighted by atomic mass is 35.5. The number of hydrogen-bond acceptors (Lipinski definition) is 7. The van der Waals surface area contributed by atoms with E-state index in [1.807, 2.05) is 17.0 Å². The number of nitrogens with one attached hydrogen (secondary N) is 1. The van der Waals surface area contributed by atoms with E-state index in [1.165, 1.54) is 29.7 Å². The van der Waals surface area contributed by atoms with Gasteiger partial charge in [0.25, 0.3) is 5.56 Å². The number of rotatable bonds is 5. The van der Waals surface area contributed by atoms with Crippen molar-refractivity contribution >= 4 is 45.9 Å². The molecule has 58 heavy (non-hydrogen) atoms. The fourth-order valence-corrected chi connectivity index (χ4v) is 11.4. The third kappa shape index (κ3) is 6.15. The van der Waals surface area contributed by atoms with Gasteiger partial charge in [-0.15, -0.1) is 0 Å². The molecule has 1 saturated carbocycles. The number of piperidine rings is 3. The Labute approximate surface area is 340 Å². The van der Waals surface area contributed by atoms with Crippen molar-refractivity contribution in [2.75, 3.05) is 44.2 Å². The van der Waals surface area contributed by atoms with E-state index >= 15 is 8.78 Å². The second kappa shape index (κ2) is 14.5. The van der Waals surface area contributed by atoms with Gasteiger partial charge in [0.15, 0.2) is 0 Å². The Morgan fingerprint density at radius 2 is 1.59 bits per heavy atom. The summed E-state index contributed by atoms with van der Waals surface area (Å²) in [5.41, 5.74) is 4.14. The Balaban J connectivity index is 0.758. The minimum Gasteiger partial charge on any atom is -0.370 e. The van der Waals surface area contributed by atoms with Crippen LogP contribution in [0.4, 0.5) is 14.5 Å². The number of benzene rings is 3. The van der Waals surface area contributed by atoms with Crippen LogP contribution in [-0.2, 0) is 19.8 Å². The first-order chi connectivity index (χ1) is 28.1. The number of nitrogens with zero attached hydrogens (tertiary/aromatic N) is 5. The van der Waals surface area contributed by atoms with Gasteiger partial charge in [0.05, 0.1) is 38.9 Å². The van der Waals surface area contributed by atoms with E-state index in [1.54, 1.807) is 11.0 Å². The molecule has 5 aliphatic heterocycles. The van der Waals surface area contributed by atoms with Gasteiger partial charge in [0, 0.05) is 49.9 Å². The molecule has 3 amide bonds. The highest BCUT2D eigenvalue weighted by Crippen LogP contribution is 2.52. The van der Waals surface area contributed by atoms with Crippen LogP contribution in [0.1, 0.15) is 105 Å². The molecule has 10 rings (SSSR count). The summed E-state index contributed by atoms with van der Waals surface area (Å²) >= 11 is 6.59. The highest BCUT2D eigenvalue weighted by Gasteiger charge is 2.47. The van der Waals surface area contributed by atoms with E-state index in [0.29, 0.717) is 54.2 Å². The molecule has 302 valence electrons. The van der Waals surface area contributed by atoms with Crippen LogP contribution in [0.2, 0.25) is 5.02 Å². The smallest absolute Gasteiger partial charge is 0.282 e. The van der Waals surface area contributed by atoms with Crippen molar-refractivity contribution in [1.82, 2.24) is 24.7 Å². The number of halogens is 3. The molecule has 1 spiro atoms. The predicted molar refractivity (Wildman–Crippen MR) is 217 cm³/mol. The fourth-order valence-electron chi connectivity index (χ4n) is 11.2. The largest absolute Gasteiger partial charge is 0.370 e. The lowest BCUT2D eigenvalue weighted by Crippen LogP contribution is -2.57. The van der Waals surface area contributed by atoms with E-state index in [0.717, 1.165) is 81.5 Å². The molecule has 0 bridgehead atoms. The third-order valence-electron chi connectivity index (χ3n) is 14.3. The molecule has 5 fully saturated rings. The molecular weight excluding hydrogens is 762 g/mol. The lowest BCUT2D eigenvalue weighted by molar-refractivity contribution is -0.138. The van der Waals surface area contributed by atoms with E-state index in [-0.39, 0.29) is 41.2 Å². The summed E-state index contributed by atoms with van der Waals surface area (Å²) in [6, 6.07) is 15.6. The summed E-state index contributed by atoms with van der Waals surface area (Å²) in [4.78, 5) is 61.8. The molecule has 1 unspecified atom stereocenters. The Kier molecular flexibility index (Phi) is 9.43. The second-order valence-corrected chi connectivity index (χ2v) is 17.8. The molecule has 3 aromatic carbocycles. The van der Waals surface area contributed by atoms with Crippen LogP contribution in [0.25, 0.3) is 16.6 Å². The van der Waals surface area contributed by atoms with Crippen LogP contribution in [-0.4, -0.2) is 82.4 Å². The summed E-state index contributed by atoms with van der Waals surface area (Å²) in [6.45, 7) is 4.17. The summed E-state index contributed by atoms with van der Waals surface area (Å²) in [5.74, 6) is -2.63. The molecule has 1 atom stereocenters. The van der Waals surface area contributed by atoms with Gasteiger partial charge >= 0.3 is 0 Å². The van der Waals surface area contributed by atoms with Crippen LogP contribution in [0.15, 0.2) is 53.3 Å². The summed E-state index contributed by atoms with van der Waals surface area (Å²) < 4.78 is 32.5. The maximum Gasteiger partial charge on any atom is 0.282 e. The molecule has 4 aromatic rings. The zero-order chi connectivity index (χ0) is 39.9. The Bertz CT molecular complexity index is 2390. The van der Waals surface area contributed by atoms with Crippen LogP contribution in [0.3, 0.4) is 0 Å². The molecule has 6 aliphatic rings. The molecule has 13 heteroatoms.